The van der Waals surface area contributed by atoms with Gasteiger partial charge in [-0.2, -0.15) is 0 Å². The number of ether oxygens (including phenoxy) is 1. The van der Waals surface area contributed by atoms with Crippen molar-refractivity contribution in [3.63, 3.8) is 0 Å². The predicted octanol–water partition coefficient (Wildman–Crippen LogP) is 2.90. The van der Waals surface area contributed by atoms with Gasteiger partial charge in [0.25, 0.3) is 0 Å². The average Bonchev–Trinajstić information content (AvgIpc) is 2.34. The van der Waals surface area contributed by atoms with E-state index in [1.165, 1.54) is 32.4 Å². The first kappa shape index (κ1) is 16.9. The summed E-state index contributed by atoms with van der Waals surface area (Å²) in [5.74, 6) is 0. The molecular weight excluding hydrogens is 236 g/mol. The smallest absolute Gasteiger partial charge is 0.0702 e. The second-order valence-corrected chi connectivity index (χ2v) is 6.79. The molecule has 1 aliphatic heterocycles. The summed E-state index contributed by atoms with van der Waals surface area (Å²) in [7, 11) is 0. The van der Waals surface area contributed by atoms with Crippen LogP contribution >= 0.6 is 0 Å². The van der Waals surface area contributed by atoms with Crippen LogP contribution in [0.1, 0.15) is 53.9 Å². The Morgan fingerprint density at radius 3 is 2.63 bits per heavy atom. The van der Waals surface area contributed by atoms with Crippen LogP contribution in [0, 0.1) is 5.41 Å². The minimum absolute atomic E-state index is 0.338. The summed E-state index contributed by atoms with van der Waals surface area (Å²) in [6.45, 7) is 16.8. The fourth-order valence-corrected chi connectivity index (χ4v) is 2.99. The summed E-state index contributed by atoms with van der Waals surface area (Å²) in [6, 6.07) is 0.602. The molecule has 1 fully saturated rings. The molecule has 0 aliphatic carbocycles. The van der Waals surface area contributed by atoms with Gasteiger partial charge < -0.3 is 15.0 Å². The standard InChI is InChI=1S/C16H34N2O/c1-6-17-15(16(3,4)5)10-12-18-11-8-9-14(13-18)19-7-2/h14-15,17H,6-13H2,1-5H3. The Bertz CT molecular complexity index is 235. The summed E-state index contributed by atoms with van der Waals surface area (Å²) < 4.78 is 5.78. The molecule has 1 rings (SSSR count). The van der Waals surface area contributed by atoms with E-state index in [4.69, 9.17) is 4.74 Å². The van der Waals surface area contributed by atoms with Crippen molar-refractivity contribution in [2.45, 2.75) is 66.0 Å². The monoisotopic (exact) mass is 270 g/mol. The van der Waals surface area contributed by atoms with Crippen LogP contribution in [0.5, 0.6) is 0 Å². The normalized spacial score (nSPS) is 23.5. The number of hydrogen-bond donors (Lipinski definition) is 1. The maximum absolute atomic E-state index is 5.78. The molecule has 0 bridgehead atoms. The van der Waals surface area contributed by atoms with Crippen LogP contribution in [0.3, 0.4) is 0 Å². The largest absolute Gasteiger partial charge is 0.377 e. The van der Waals surface area contributed by atoms with Crippen molar-refractivity contribution in [3.8, 4) is 0 Å². The van der Waals surface area contributed by atoms with E-state index in [0.29, 0.717) is 17.6 Å². The molecule has 3 heteroatoms. The highest BCUT2D eigenvalue weighted by Crippen LogP contribution is 2.23. The highest BCUT2D eigenvalue weighted by atomic mass is 16.5. The van der Waals surface area contributed by atoms with Gasteiger partial charge in [-0.3, -0.25) is 0 Å². The molecule has 1 N–H and O–H groups in total. The van der Waals surface area contributed by atoms with E-state index in [1.807, 2.05) is 0 Å². The number of nitrogens with zero attached hydrogens (tertiary/aromatic N) is 1. The number of piperidine rings is 1. The van der Waals surface area contributed by atoms with Crippen molar-refractivity contribution in [2.75, 3.05) is 32.8 Å². The van der Waals surface area contributed by atoms with Gasteiger partial charge in [-0.1, -0.05) is 27.7 Å². The molecule has 0 spiro atoms. The minimum atomic E-state index is 0.338. The Labute approximate surface area is 120 Å². The van der Waals surface area contributed by atoms with Crippen LogP contribution in [0.4, 0.5) is 0 Å². The Morgan fingerprint density at radius 2 is 2.05 bits per heavy atom. The Balaban J connectivity index is 2.37. The lowest BCUT2D eigenvalue weighted by molar-refractivity contribution is 0.00409. The fraction of sp³-hybridized carbons (Fsp3) is 1.00. The lowest BCUT2D eigenvalue weighted by Crippen LogP contribution is -2.45. The molecule has 1 heterocycles. The van der Waals surface area contributed by atoms with E-state index < -0.39 is 0 Å². The van der Waals surface area contributed by atoms with E-state index in [-0.39, 0.29) is 0 Å². The van der Waals surface area contributed by atoms with E-state index >= 15 is 0 Å². The summed E-state index contributed by atoms with van der Waals surface area (Å²) in [5.41, 5.74) is 0.338. The fourth-order valence-electron chi connectivity index (χ4n) is 2.99. The van der Waals surface area contributed by atoms with E-state index in [1.54, 1.807) is 0 Å². The van der Waals surface area contributed by atoms with Crippen molar-refractivity contribution < 1.29 is 4.74 Å². The second kappa shape index (κ2) is 8.23. The highest BCUT2D eigenvalue weighted by Gasteiger charge is 2.25. The van der Waals surface area contributed by atoms with Gasteiger partial charge in [0.1, 0.15) is 0 Å². The molecule has 1 aliphatic rings. The quantitative estimate of drug-likeness (QED) is 0.770. The summed E-state index contributed by atoms with van der Waals surface area (Å²) >= 11 is 0. The van der Waals surface area contributed by atoms with Crippen molar-refractivity contribution >= 4 is 0 Å². The summed E-state index contributed by atoms with van der Waals surface area (Å²) in [6.07, 6.45) is 4.22. The molecule has 19 heavy (non-hydrogen) atoms. The second-order valence-electron chi connectivity index (χ2n) is 6.79. The molecule has 1 saturated heterocycles. The molecular formula is C16H34N2O. The zero-order valence-electron chi connectivity index (χ0n) is 13.7. The molecule has 3 nitrogen and oxygen atoms in total. The number of likely N-dealkylation sites (tertiary alicyclic amines) is 1. The van der Waals surface area contributed by atoms with Gasteiger partial charge in [-0.15, -0.1) is 0 Å². The predicted molar refractivity (Wildman–Crippen MR) is 82.6 cm³/mol. The van der Waals surface area contributed by atoms with Crippen molar-refractivity contribution in [1.82, 2.24) is 10.2 Å². The number of hydrogen-bond acceptors (Lipinski definition) is 3. The zero-order valence-corrected chi connectivity index (χ0v) is 13.7. The van der Waals surface area contributed by atoms with Crippen LogP contribution in [0.2, 0.25) is 0 Å². The first-order valence-electron chi connectivity index (χ1n) is 8.04. The summed E-state index contributed by atoms with van der Waals surface area (Å²) in [4.78, 5) is 2.58. The first-order chi connectivity index (χ1) is 8.97. The van der Waals surface area contributed by atoms with Crippen LogP contribution in [-0.2, 0) is 4.74 Å². The minimum Gasteiger partial charge on any atom is -0.377 e. The third kappa shape index (κ3) is 6.24. The topological polar surface area (TPSA) is 24.5 Å². The van der Waals surface area contributed by atoms with Crippen molar-refractivity contribution in [3.05, 3.63) is 0 Å². The lowest BCUT2D eigenvalue weighted by Gasteiger charge is -2.36. The van der Waals surface area contributed by atoms with E-state index in [2.05, 4.69) is 44.8 Å². The lowest BCUT2D eigenvalue weighted by atomic mass is 9.84. The summed E-state index contributed by atoms with van der Waals surface area (Å²) in [5, 5.41) is 3.64. The first-order valence-corrected chi connectivity index (χ1v) is 8.04. The molecule has 0 aromatic carbocycles. The van der Waals surface area contributed by atoms with Gasteiger partial charge in [0.15, 0.2) is 0 Å². The van der Waals surface area contributed by atoms with Crippen LogP contribution in [0.25, 0.3) is 0 Å². The maximum atomic E-state index is 5.78. The SMILES string of the molecule is CCNC(CCN1CCCC(OCC)C1)C(C)(C)C. The number of rotatable bonds is 7. The van der Waals surface area contributed by atoms with Gasteiger partial charge in [-0.25, -0.2) is 0 Å². The molecule has 0 amide bonds. The van der Waals surface area contributed by atoms with E-state index in [9.17, 15) is 0 Å². The van der Waals surface area contributed by atoms with Gasteiger partial charge in [0.2, 0.25) is 0 Å². The van der Waals surface area contributed by atoms with Crippen molar-refractivity contribution in [1.29, 1.82) is 0 Å². The Hall–Kier alpha value is -0.120. The average molecular weight is 270 g/mol. The zero-order chi connectivity index (χ0) is 14.3. The van der Waals surface area contributed by atoms with Crippen LogP contribution in [-0.4, -0.2) is 49.8 Å². The molecule has 0 aromatic rings. The van der Waals surface area contributed by atoms with E-state index in [0.717, 1.165) is 19.7 Å². The Morgan fingerprint density at radius 1 is 1.32 bits per heavy atom. The molecule has 0 aromatic heterocycles. The molecule has 2 unspecified atom stereocenters. The third-order valence-corrected chi connectivity index (χ3v) is 4.09. The maximum Gasteiger partial charge on any atom is 0.0702 e. The number of nitrogens with one attached hydrogen (secondary N) is 1. The van der Waals surface area contributed by atoms with Gasteiger partial charge in [0, 0.05) is 19.2 Å². The van der Waals surface area contributed by atoms with Gasteiger partial charge >= 0.3 is 0 Å². The van der Waals surface area contributed by atoms with Gasteiger partial charge in [-0.05, 0) is 51.2 Å². The van der Waals surface area contributed by atoms with Crippen LogP contribution in [0.15, 0.2) is 0 Å². The van der Waals surface area contributed by atoms with Crippen molar-refractivity contribution in [2.24, 2.45) is 5.41 Å². The van der Waals surface area contributed by atoms with Crippen LogP contribution < -0.4 is 5.32 Å². The molecule has 0 saturated carbocycles. The molecule has 0 radical (unpaired) electrons. The third-order valence-electron chi connectivity index (χ3n) is 4.09. The molecule has 114 valence electrons. The Kier molecular flexibility index (Phi) is 7.33. The molecule has 2 atom stereocenters. The highest BCUT2D eigenvalue weighted by molar-refractivity contribution is 4.82. The van der Waals surface area contributed by atoms with Gasteiger partial charge in [0.05, 0.1) is 6.10 Å².